The molecule has 0 atom stereocenters. The number of nitrogens with zero attached hydrogens (tertiary/aromatic N) is 2. The van der Waals surface area contributed by atoms with E-state index in [-0.39, 0.29) is 6.03 Å². The number of halogens is 3. The molecule has 0 radical (unpaired) electrons. The molecule has 1 aliphatic heterocycles. The van der Waals surface area contributed by atoms with Crippen LogP contribution in [0.1, 0.15) is 11.1 Å². The number of carbonyl (C=O) groups excluding carboxylic acids is 1. The minimum absolute atomic E-state index is 0.193. The van der Waals surface area contributed by atoms with Crippen molar-refractivity contribution < 1.29 is 22.7 Å². The SMILES string of the molecule is Cc1cccc(OCCNC(=O)N2CCN(c3cccc(C(F)(F)F)c3)CC2)c1. The highest BCUT2D eigenvalue weighted by molar-refractivity contribution is 5.74. The Balaban J connectivity index is 1.42. The van der Waals surface area contributed by atoms with Gasteiger partial charge in [-0.3, -0.25) is 0 Å². The third kappa shape index (κ3) is 5.79. The molecule has 0 spiro atoms. The smallest absolute Gasteiger partial charge is 0.416 e. The van der Waals surface area contributed by atoms with E-state index in [1.165, 1.54) is 6.07 Å². The van der Waals surface area contributed by atoms with Crippen molar-refractivity contribution in [2.75, 3.05) is 44.2 Å². The van der Waals surface area contributed by atoms with Gasteiger partial charge in [0.15, 0.2) is 0 Å². The molecule has 1 saturated heterocycles. The van der Waals surface area contributed by atoms with Crippen LogP contribution in [0.3, 0.4) is 0 Å². The van der Waals surface area contributed by atoms with Crippen LogP contribution >= 0.6 is 0 Å². The van der Waals surface area contributed by atoms with Gasteiger partial charge in [-0.2, -0.15) is 13.2 Å². The van der Waals surface area contributed by atoms with Gasteiger partial charge >= 0.3 is 12.2 Å². The molecule has 156 valence electrons. The second-order valence-electron chi connectivity index (χ2n) is 6.92. The molecule has 2 aromatic carbocycles. The summed E-state index contributed by atoms with van der Waals surface area (Å²) in [6, 6.07) is 12.8. The van der Waals surface area contributed by atoms with Gasteiger partial charge < -0.3 is 19.9 Å². The Bertz CT molecular complexity index is 834. The molecule has 2 aromatic rings. The number of carbonyl (C=O) groups is 1. The molecule has 0 saturated carbocycles. The van der Waals surface area contributed by atoms with Gasteiger partial charge in [-0.05, 0) is 42.8 Å². The number of ether oxygens (including phenoxy) is 1. The van der Waals surface area contributed by atoms with Crippen LogP contribution in [0.15, 0.2) is 48.5 Å². The van der Waals surface area contributed by atoms with Crippen LogP contribution in [0.25, 0.3) is 0 Å². The number of alkyl halides is 3. The van der Waals surface area contributed by atoms with E-state index >= 15 is 0 Å². The average molecular weight is 407 g/mol. The lowest BCUT2D eigenvalue weighted by Crippen LogP contribution is -2.52. The summed E-state index contributed by atoms with van der Waals surface area (Å²) in [7, 11) is 0. The summed E-state index contributed by atoms with van der Waals surface area (Å²) in [5, 5.41) is 2.82. The lowest BCUT2D eigenvalue weighted by Gasteiger charge is -2.36. The molecule has 1 fully saturated rings. The zero-order valence-electron chi connectivity index (χ0n) is 16.2. The lowest BCUT2D eigenvalue weighted by atomic mass is 10.1. The maximum Gasteiger partial charge on any atom is 0.416 e. The Kier molecular flexibility index (Phi) is 6.51. The van der Waals surface area contributed by atoms with Crippen LogP contribution < -0.4 is 15.0 Å². The Morgan fingerprint density at radius 3 is 2.48 bits per heavy atom. The molecule has 2 amide bonds. The van der Waals surface area contributed by atoms with Gasteiger partial charge in [0, 0.05) is 31.9 Å². The van der Waals surface area contributed by atoms with E-state index in [4.69, 9.17) is 4.74 Å². The van der Waals surface area contributed by atoms with E-state index in [2.05, 4.69) is 5.32 Å². The minimum Gasteiger partial charge on any atom is -0.492 e. The molecule has 1 heterocycles. The maximum absolute atomic E-state index is 12.9. The Labute approximate surface area is 168 Å². The first kappa shape index (κ1) is 20.8. The van der Waals surface area contributed by atoms with Crippen LogP contribution in [0, 0.1) is 6.92 Å². The standard InChI is InChI=1S/C21H24F3N3O2/c1-16-4-2-7-19(14-16)29-13-8-25-20(28)27-11-9-26(10-12-27)18-6-3-5-17(15-18)21(22,23)24/h2-7,14-15H,8-13H2,1H3,(H,25,28). The van der Waals surface area contributed by atoms with E-state index in [0.29, 0.717) is 45.0 Å². The van der Waals surface area contributed by atoms with E-state index < -0.39 is 11.7 Å². The number of hydrogen-bond donors (Lipinski definition) is 1. The van der Waals surface area contributed by atoms with Crippen LogP contribution in [0.5, 0.6) is 5.75 Å². The zero-order chi connectivity index (χ0) is 20.9. The number of anilines is 1. The van der Waals surface area contributed by atoms with E-state index in [1.54, 1.807) is 11.0 Å². The number of rotatable bonds is 5. The van der Waals surface area contributed by atoms with Crippen molar-refractivity contribution in [3.05, 3.63) is 59.7 Å². The third-order valence-electron chi connectivity index (χ3n) is 4.74. The fourth-order valence-corrected chi connectivity index (χ4v) is 3.19. The second kappa shape index (κ2) is 9.07. The van der Waals surface area contributed by atoms with Crippen LogP contribution in [-0.2, 0) is 6.18 Å². The number of nitrogens with one attached hydrogen (secondary N) is 1. The van der Waals surface area contributed by atoms with Gasteiger partial charge in [0.05, 0.1) is 12.1 Å². The molecular formula is C21H24F3N3O2. The molecule has 3 rings (SSSR count). The number of hydrogen-bond acceptors (Lipinski definition) is 3. The highest BCUT2D eigenvalue weighted by atomic mass is 19.4. The Hall–Kier alpha value is -2.90. The molecular weight excluding hydrogens is 383 g/mol. The molecule has 1 N–H and O–H groups in total. The highest BCUT2D eigenvalue weighted by Gasteiger charge is 2.31. The monoisotopic (exact) mass is 407 g/mol. The fourth-order valence-electron chi connectivity index (χ4n) is 3.19. The second-order valence-corrected chi connectivity index (χ2v) is 6.92. The summed E-state index contributed by atoms with van der Waals surface area (Å²) in [5.74, 6) is 0.758. The van der Waals surface area contributed by atoms with Crippen LogP contribution in [0.4, 0.5) is 23.7 Å². The predicted octanol–water partition coefficient (Wildman–Crippen LogP) is 3.92. The first-order valence-electron chi connectivity index (χ1n) is 9.47. The van der Waals surface area contributed by atoms with Gasteiger partial charge in [-0.1, -0.05) is 18.2 Å². The fraction of sp³-hybridized carbons (Fsp3) is 0.381. The maximum atomic E-state index is 12.9. The number of aryl methyl sites for hydroxylation is 1. The van der Waals surface area contributed by atoms with Crippen molar-refractivity contribution in [1.82, 2.24) is 10.2 Å². The topological polar surface area (TPSA) is 44.8 Å². The molecule has 29 heavy (non-hydrogen) atoms. The summed E-state index contributed by atoms with van der Waals surface area (Å²) in [6.45, 7) is 4.57. The van der Waals surface area contributed by atoms with E-state index in [9.17, 15) is 18.0 Å². The molecule has 5 nitrogen and oxygen atoms in total. The zero-order valence-corrected chi connectivity index (χ0v) is 16.2. The van der Waals surface area contributed by atoms with Crippen molar-refractivity contribution >= 4 is 11.7 Å². The summed E-state index contributed by atoms with van der Waals surface area (Å²) >= 11 is 0. The minimum atomic E-state index is -4.36. The van der Waals surface area contributed by atoms with Gasteiger partial charge in [0.1, 0.15) is 12.4 Å². The Morgan fingerprint density at radius 1 is 1.07 bits per heavy atom. The van der Waals surface area contributed by atoms with E-state index in [1.807, 2.05) is 36.1 Å². The van der Waals surface area contributed by atoms with Gasteiger partial charge in [0.2, 0.25) is 0 Å². The van der Waals surface area contributed by atoms with E-state index in [0.717, 1.165) is 23.4 Å². The summed E-state index contributed by atoms with van der Waals surface area (Å²) in [4.78, 5) is 15.8. The van der Waals surface area contributed by atoms with Gasteiger partial charge in [0.25, 0.3) is 0 Å². The van der Waals surface area contributed by atoms with Crippen molar-refractivity contribution in [3.8, 4) is 5.75 Å². The van der Waals surface area contributed by atoms with Crippen molar-refractivity contribution in [2.24, 2.45) is 0 Å². The highest BCUT2D eigenvalue weighted by Crippen LogP contribution is 2.31. The normalized spacial score (nSPS) is 14.6. The lowest BCUT2D eigenvalue weighted by molar-refractivity contribution is -0.137. The largest absolute Gasteiger partial charge is 0.492 e. The molecule has 0 unspecified atom stereocenters. The molecule has 0 aromatic heterocycles. The van der Waals surface area contributed by atoms with Crippen LogP contribution in [-0.4, -0.2) is 50.3 Å². The third-order valence-corrected chi connectivity index (χ3v) is 4.74. The summed E-state index contributed by atoms with van der Waals surface area (Å²) < 4.78 is 44.3. The summed E-state index contributed by atoms with van der Waals surface area (Å²) in [5.41, 5.74) is 0.959. The predicted molar refractivity (Wildman–Crippen MR) is 105 cm³/mol. The van der Waals surface area contributed by atoms with Gasteiger partial charge in [-0.25, -0.2) is 4.79 Å². The van der Waals surface area contributed by atoms with Gasteiger partial charge in [-0.15, -0.1) is 0 Å². The summed E-state index contributed by atoms with van der Waals surface area (Å²) in [6.07, 6.45) is -4.36. The first-order valence-corrected chi connectivity index (χ1v) is 9.47. The number of piperazine rings is 1. The molecule has 1 aliphatic rings. The Morgan fingerprint density at radius 2 is 1.79 bits per heavy atom. The molecule has 8 heteroatoms. The first-order chi connectivity index (χ1) is 13.8. The quantitative estimate of drug-likeness (QED) is 0.764. The molecule has 0 aliphatic carbocycles. The van der Waals surface area contributed by atoms with Crippen molar-refractivity contribution in [1.29, 1.82) is 0 Å². The molecule has 0 bridgehead atoms. The van der Waals surface area contributed by atoms with Crippen LogP contribution in [0.2, 0.25) is 0 Å². The average Bonchev–Trinajstić information content (AvgIpc) is 2.71. The van der Waals surface area contributed by atoms with Crippen molar-refractivity contribution in [3.63, 3.8) is 0 Å². The number of amides is 2. The van der Waals surface area contributed by atoms with Crippen molar-refractivity contribution in [2.45, 2.75) is 13.1 Å². The number of benzene rings is 2. The number of urea groups is 1.